The average Bonchev–Trinajstić information content (AvgIpc) is 3.35. The van der Waals surface area contributed by atoms with E-state index in [2.05, 4.69) is 33.8 Å². The molecule has 1 amide bonds. The molecule has 0 atom stereocenters. The SMILES string of the molecule is COc1ccncc1-c1ccc(-c2c(C3CCCCC3)c3ccc(C(=O)O)cc3n2CC(=O)N2CCOCC2)cc1. The molecule has 1 aliphatic carbocycles. The van der Waals surface area contributed by atoms with Crippen LogP contribution >= 0.6 is 0 Å². The summed E-state index contributed by atoms with van der Waals surface area (Å²) in [5.74, 6) is 0.130. The van der Waals surface area contributed by atoms with Gasteiger partial charge in [0.25, 0.3) is 0 Å². The summed E-state index contributed by atoms with van der Waals surface area (Å²) in [5.41, 5.74) is 6.12. The Kier molecular flexibility index (Phi) is 7.74. The summed E-state index contributed by atoms with van der Waals surface area (Å²) in [7, 11) is 1.65. The number of hydrogen-bond acceptors (Lipinski definition) is 5. The number of hydrogen-bond donors (Lipinski definition) is 1. The maximum absolute atomic E-state index is 13.6. The second-order valence-corrected chi connectivity index (χ2v) is 10.9. The molecule has 6 rings (SSSR count). The van der Waals surface area contributed by atoms with Gasteiger partial charge < -0.3 is 24.0 Å². The first-order valence-corrected chi connectivity index (χ1v) is 14.4. The van der Waals surface area contributed by atoms with Gasteiger partial charge in [-0.25, -0.2) is 4.79 Å². The highest BCUT2D eigenvalue weighted by Gasteiger charge is 2.29. The van der Waals surface area contributed by atoms with E-state index in [4.69, 9.17) is 9.47 Å². The molecule has 0 unspecified atom stereocenters. The number of morpholine rings is 1. The summed E-state index contributed by atoms with van der Waals surface area (Å²) in [6.07, 6.45) is 9.22. The first kappa shape index (κ1) is 27.0. The van der Waals surface area contributed by atoms with Crippen molar-refractivity contribution < 1.29 is 24.2 Å². The number of carboxylic acid groups (broad SMARTS) is 1. The van der Waals surface area contributed by atoms with Gasteiger partial charge in [0.05, 0.1) is 37.1 Å². The fourth-order valence-corrected chi connectivity index (χ4v) is 6.42. The lowest BCUT2D eigenvalue weighted by Gasteiger charge is -2.28. The lowest BCUT2D eigenvalue weighted by molar-refractivity contribution is -0.135. The predicted molar refractivity (Wildman–Crippen MR) is 157 cm³/mol. The van der Waals surface area contributed by atoms with Gasteiger partial charge in [0.2, 0.25) is 5.91 Å². The highest BCUT2D eigenvalue weighted by Crippen LogP contribution is 2.45. The second kappa shape index (κ2) is 11.7. The molecule has 4 aromatic rings. The van der Waals surface area contributed by atoms with Gasteiger partial charge in [-0.15, -0.1) is 0 Å². The molecule has 1 N–H and O–H groups in total. The van der Waals surface area contributed by atoms with Crippen molar-refractivity contribution in [3.63, 3.8) is 0 Å². The van der Waals surface area contributed by atoms with Crippen LogP contribution in [0.5, 0.6) is 5.75 Å². The number of aromatic carboxylic acids is 1. The molecule has 1 aliphatic heterocycles. The first-order valence-electron chi connectivity index (χ1n) is 14.4. The van der Waals surface area contributed by atoms with E-state index >= 15 is 0 Å². The summed E-state index contributed by atoms with van der Waals surface area (Å²) in [6.45, 7) is 2.32. The Morgan fingerprint density at radius 2 is 1.73 bits per heavy atom. The van der Waals surface area contributed by atoms with Gasteiger partial charge in [-0.05, 0) is 53.6 Å². The summed E-state index contributed by atoms with van der Waals surface area (Å²) < 4.78 is 13.1. The van der Waals surface area contributed by atoms with E-state index in [1.807, 2.05) is 17.0 Å². The minimum Gasteiger partial charge on any atom is -0.496 e. The standard InChI is InChI=1S/C33H35N3O5/c1-40-29-13-14-34-20-27(29)22-7-9-24(10-8-22)32-31(23-5-3-2-4-6-23)26-12-11-25(33(38)39)19-28(26)36(32)21-30(37)35-15-17-41-18-16-35/h7-14,19-20,23H,2-6,15-18,21H2,1H3,(H,38,39). The van der Waals surface area contributed by atoms with Gasteiger partial charge in [0.1, 0.15) is 12.3 Å². The summed E-state index contributed by atoms with van der Waals surface area (Å²) in [6, 6.07) is 15.5. The molecule has 2 aromatic heterocycles. The largest absolute Gasteiger partial charge is 0.496 e. The Labute approximate surface area is 239 Å². The lowest BCUT2D eigenvalue weighted by atomic mass is 9.81. The number of pyridine rings is 1. The van der Waals surface area contributed by atoms with Crippen LogP contribution in [-0.4, -0.2) is 64.8 Å². The normalized spacial score (nSPS) is 16.2. The van der Waals surface area contributed by atoms with E-state index in [1.165, 1.54) is 12.0 Å². The number of carbonyl (C=O) groups is 2. The highest BCUT2D eigenvalue weighted by molar-refractivity contribution is 5.99. The van der Waals surface area contributed by atoms with Crippen molar-refractivity contribution in [1.82, 2.24) is 14.5 Å². The number of nitrogens with zero attached hydrogens (tertiary/aromatic N) is 3. The Morgan fingerprint density at radius 1 is 1.00 bits per heavy atom. The monoisotopic (exact) mass is 553 g/mol. The van der Waals surface area contributed by atoms with Crippen molar-refractivity contribution in [2.24, 2.45) is 0 Å². The fraction of sp³-hybridized carbons (Fsp3) is 0.364. The Bertz CT molecular complexity index is 1560. The summed E-state index contributed by atoms with van der Waals surface area (Å²) in [5, 5.41) is 10.9. The van der Waals surface area contributed by atoms with Crippen LogP contribution in [0.4, 0.5) is 0 Å². The van der Waals surface area contributed by atoms with Crippen LogP contribution in [-0.2, 0) is 16.1 Å². The minimum atomic E-state index is -0.977. The van der Waals surface area contributed by atoms with Crippen LogP contribution in [0.2, 0.25) is 0 Å². The van der Waals surface area contributed by atoms with Gasteiger partial charge in [0, 0.05) is 36.4 Å². The predicted octanol–water partition coefficient (Wildman–Crippen LogP) is 5.98. The van der Waals surface area contributed by atoms with E-state index in [0.29, 0.717) is 32.2 Å². The van der Waals surface area contributed by atoms with Crippen molar-refractivity contribution >= 4 is 22.8 Å². The molecule has 0 spiro atoms. The number of amides is 1. The molecule has 2 aliphatic rings. The smallest absolute Gasteiger partial charge is 0.335 e. The van der Waals surface area contributed by atoms with Crippen molar-refractivity contribution in [3.05, 3.63) is 72.1 Å². The summed E-state index contributed by atoms with van der Waals surface area (Å²) >= 11 is 0. The third-order valence-corrected chi connectivity index (χ3v) is 8.49. The zero-order chi connectivity index (χ0) is 28.3. The zero-order valence-corrected chi connectivity index (χ0v) is 23.3. The Balaban J connectivity index is 1.53. The summed E-state index contributed by atoms with van der Waals surface area (Å²) in [4.78, 5) is 31.8. The quantitative estimate of drug-likeness (QED) is 0.302. The molecule has 8 heteroatoms. The van der Waals surface area contributed by atoms with Crippen molar-refractivity contribution in [3.8, 4) is 28.1 Å². The Morgan fingerprint density at radius 3 is 2.44 bits per heavy atom. The fourth-order valence-electron chi connectivity index (χ4n) is 6.42. The van der Waals surface area contributed by atoms with E-state index in [1.54, 1.807) is 31.6 Å². The molecule has 41 heavy (non-hydrogen) atoms. The molecule has 2 aromatic carbocycles. The van der Waals surface area contributed by atoms with Crippen LogP contribution in [0.3, 0.4) is 0 Å². The molecule has 2 fully saturated rings. The third kappa shape index (κ3) is 5.32. The molecule has 1 saturated heterocycles. The number of carboxylic acids is 1. The Hall–Kier alpha value is -4.17. The molecule has 8 nitrogen and oxygen atoms in total. The van der Waals surface area contributed by atoms with Crippen LogP contribution in [0.1, 0.15) is 53.9 Å². The number of aromatic nitrogens is 2. The molecule has 0 radical (unpaired) electrons. The van der Waals surface area contributed by atoms with Gasteiger partial charge in [0.15, 0.2) is 0 Å². The zero-order valence-electron chi connectivity index (χ0n) is 23.3. The van der Waals surface area contributed by atoms with Gasteiger partial charge in [-0.2, -0.15) is 0 Å². The van der Waals surface area contributed by atoms with Crippen LogP contribution in [0.15, 0.2) is 60.9 Å². The van der Waals surface area contributed by atoms with E-state index in [0.717, 1.165) is 64.7 Å². The van der Waals surface area contributed by atoms with E-state index in [9.17, 15) is 14.7 Å². The van der Waals surface area contributed by atoms with Gasteiger partial charge in [-0.1, -0.05) is 49.6 Å². The maximum Gasteiger partial charge on any atom is 0.335 e. The number of rotatable bonds is 7. The van der Waals surface area contributed by atoms with Gasteiger partial charge in [-0.3, -0.25) is 9.78 Å². The number of methoxy groups -OCH3 is 1. The molecular formula is C33H35N3O5. The number of fused-ring (bicyclic) bond motifs is 1. The molecule has 0 bridgehead atoms. The molecular weight excluding hydrogens is 518 g/mol. The van der Waals surface area contributed by atoms with Crippen LogP contribution in [0, 0.1) is 0 Å². The maximum atomic E-state index is 13.6. The van der Waals surface area contributed by atoms with Gasteiger partial charge >= 0.3 is 5.97 Å². The topological polar surface area (TPSA) is 93.9 Å². The third-order valence-electron chi connectivity index (χ3n) is 8.49. The highest BCUT2D eigenvalue weighted by atomic mass is 16.5. The lowest BCUT2D eigenvalue weighted by Crippen LogP contribution is -2.42. The van der Waals surface area contributed by atoms with Crippen molar-refractivity contribution in [1.29, 1.82) is 0 Å². The van der Waals surface area contributed by atoms with Crippen molar-refractivity contribution in [2.45, 2.75) is 44.6 Å². The van der Waals surface area contributed by atoms with E-state index < -0.39 is 5.97 Å². The van der Waals surface area contributed by atoms with Crippen molar-refractivity contribution in [2.75, 3.05) is 33.4 Å². The average molecular weight is 554 g/mol. The number of ether oxygens (including phenoxy) is 2. The minimum absolute atomic E-state index is 0.0130. The van der Waals surface area contributed by atoms with Crippen LogP contribution in [0.25, 0.3) is 33.3 Å². The number of carbonyl (C=O) groups excluding carboxylic acids is 1. The van der Waals surface area contributed by atoms with E-state index in [-0.39, 0.29) is 18.0 Å². The first-order chi connectivity index (χ1) is 20.0. The second-order valence-electron chi connectivity index (χ2n) is 10.9. The van der Waals surface area contributed by atoms with Crippen LogP contribution < -0.4 is 4.74 Å². The number of benzene rings is 2. The molecule has 212 valence electrons. The molecule has 1 saturated carbocycles. The molecule has 3 heterocycles.